The van der Waals surface area contributed by atoms with E-state index < -0.39 is 7.29 Å². The number of hydrogen-bond donors (Lipinski definition) is 1. The Hall–Kier alpha value is -3.35. The fourth-order valence-corrected chi connectivity index (χ4v) is 5.39. The third-order valence-electron chi connectivity index (χ3n) is 4.80. The lowest BCUT2D eigenvalue weighted by Gasteiger charge is -2.20. The van der Waals surface area contributed by atoms with Crippen molar-refractivity contribution in [1.29, 1.82) is 0 Å². The molecule has 4 aromatic carbocycles. The largest absolute Gasteiger partial charge is 0.335 e. The second-order valence-corrected chi connectivity index (χ2v) is 9.21. The van der Waals surface area contributed by atoms with Gasteiger partial charge in [-0.05, 0) is 35.4 Å². The molecule has 29 heavy (non-hydrogen) atoms. The highest BCUT2D eigenvalue weighted by atomic mass is 31.2. The van der Waals surface area contributed by atoms with Gasteiger partial charge in [0.15, 0.2) is 0 Å². The van der Waals surface area contributed by atoms with Gasteiger partial charge in [-0.1, -0.05) is 97.1 Å². The van der Waals surface area contributed by atoms with Crippen LogP contribution in [-0.2, 0) is 4.57 Å². The molecule has 1 N–H and O–H groups in total. The summed E-state index contributed by atoms with van der Waals surface area (Å²) in [5, 5.41) is 4.88. The van der Waals surface area contributed by atoms with Crippen molar-refractivity contribution in [2.24, 2.45) is 0 Å². The van der Waals surface area contributed by atoms with Crippen LogP contribution in [0.2, 0.25) is 0 Å². The zero-order chi connectivity index (χ0) is 19.9. The van der Waals surface area contributed by atoms with Crippen molar-refractivity contribution >= 4 is 23.5 Å². The molecule has 142 valence electrons. The van der Waals surface area contributed by atoms with Gasteiger partial charge >= 0.3 is 0 Å². The maximum Gasteiger partial charge on any atom is 0.226 e. The van der Waals surface area contributed by atoms with Gasteiger partial charge in [0, 0.05) is 22.4 Å². The fraction of sp³-hybridized carbons (Fsp3) is 0. The van der Waals surface area contributed by atoms with E-state index in [1.54, 1.807) is 0 Å². The van der Waals surface area contributed by atoms with Crippen LogP contribution in [0.3, 0.4) is 0 Å². The Balaban J connectivity index is 1.82. The number of rotatable bonds is 6. The molecule has 0 bridgehead atoms. The van der Waals surface area contributed by atoms with E-state index in [0.29, 0.717) is 0 Å². The predicted molar refractivity (Wildman–Crippen MR) is 123 cm³/mol. The number of nitrogens with one attached hydrogen (secondary N) is 1. The van der Waals surface area contributed by atoms with Crippen molar-refractivity contribution < 1.29 is 4.57 Å². The Bertz CT molecular complexity index is 1040. The van der Waals surface area contributed by atoms with E-state index in [2.05, 4.69) is 29.4 Å². The SMILES string of the molecule is O=P(NC=C(c1ccccc1)c1ccccc1)(c1ccccc1)c1ccccc1. The standard InChI is InChI=1S/C26H22NOP/c28-29(24-17-9-3-10-18-24,25-19-11-4-12-20-25)27-21-26(22-13-5-1-6-14-22)23-15-7-2-8-16-23/h1-21H,(H,27,28). The van der Waals surface area contributed by atoms with E-state index in [1.807, 2.05) is 103 Å². The molecular formula is C26H22NOP. The maximum absolute atomic E-state index is 14.2. The summed E-state index contributed by atoms with van der Waals surface area (Å²) in [4.78, 5) is 0. The minimum Gasteiger partial charge on any atom is -0.335 e. The molecular weight excluding hydrogens is 373 g/mol. The Kier molecular flexibility index (Phi) is 5.74. The van der Waals surface area contributed by atoms with Crippen LogP contribution in [0.1, 0.15) is 11.1 Å². The zero-order valence-electron chi connectivity index (χ0n) is 16.0. The van der Waals surface area contributed by atoms with Gasteiger partial charge in [0.1, 0.15) is 0 Å². The van der Waals surface area contributed by atoms with Crippen LogP contribution in [0, 0.1) is 0 Å². The van der Waals surface area contributed by atoms with Crippen molar-refractivity contribution in [3.05, 3.63) is 139 Å². The monoisotopic (exact) mass is 395 g/mol. The zero-order valence-corrected chi connectivity index (χ0v) is 16.9. The van der Waals surface area contributed by atoms with Crippen LogP contribution in [0.5, 0.6) is 0 Å². The summed E-state index contributed by atoms with van der Waals surface area (Å²) in [5.41, 5.74) is 3.14. The topological polar surface area (TPSA) is 29.1 Å². The third-order valence-corrected chi connectivity index (χ3v) is 7.34. The normalized spacial score (nSPS) is 10.9. The molecule has 3 heteroatoms. The molecule has 0 atom stereocenters. The molecule has 0 aliphatic heterocycles. The summed E-state index contributed by atoms with van der Waals surface area (Å²) in [6, 6.07) is 39.5. The van der Waals surface area contributed by atoms with E-state index in [1.165, 1.54) is 0 Å². The van der Waals surface area contributed by atoms with Gasteiger partial charge in [-0.3, -0.25) is 4.57 Å². The smallest absolute Gasteiger partial charge is 0.226 e. The molecule has 0 aliphatic carbocycles. The number of hydrogen-bond acceptors (Lipinski definition) is 1. The lowest BCUT2D eigenvalue weighted by Crippen LogP contribution is -2.24. The highest BCUT2D eigenvalue weighted by Crippen LogP contribution is 2.39. The molecule has 4 rings (SSSR count). The molecule has 0 saturated carbocycles. The predicted octanol–water partition coefficient (Wildman–Crippen LogP) is 5.59. The second-order valence-electron chi connectivity index (χ2n) is 6.70. The first-order valence-electron chi connectivity index (χ1n) is 9.57. The first-order chi connectivity index (χ1) is 14.3. The van der Waals surface area contributed by atoms with E-state index >= 15 is 0 Å². The van der Waals surface area contributed by atoms with Gasteiger partial charge in [-0.25, -0.2) is 0 Å². The van der Waals surface area contributed by atoms with Crippen molar-refractivity contribution in [1.82, 2.24) is 5.09 Å². The molecule has 2 nitrogen and oxygen atoms in total. The van der Waals surface area contributed by atoms with Crippen LogP contribution in [0.4, 0.5) is 0 Å². The summed E-state index contributed by atoms with van der Waals surface area (Å²) in [6.45, 7) is 0. The van der Waals surface area contributed by atoms with Gasteiger partial charge in [-0.15, -0.1) is 0 Å². The van der Waals surface area contributed by atoms with Gasteiger partial charge in [0.2, 0.25) is 7.29 Å². The summed E-state index contributed by atoms with van der Waals surface area (Å²) in [7, 11) is -3.05. The molecule has 0 amide bonds. The molecule has 0 fully saturated rings. The molecule has 0 spiro atoms. The molecule has 0 heterocycles. The van der Waals surface area contributed by atoms with Gasteiger partial charge in [0.25, 0.3) is 0 Å². The van der Waals surface area contributed by atoms with E-state index in [0.717, 1.165) is 27.3 Å². The van der Waals surface area contributed by atoms with E-state index in [9.17, 15) is 4.57 Å². The van der Waals surface area contributed by atoms with Crippen molar-refractivity contribution in [3.8, 4) is 0 Å². The number of benzene rings is 4. The lowest BCUT2D eigenvalue weighted by molar-refractivity contribution is 0.583. The fourth-order valence-electron chi connectivity index (χ4n) is 3.30. The van der Waals surface area contributed by atoms with E-state index in [-0.39, 0.29) is 0 Å². The Morgan fingerprint density at radius 1 is 0.552 bits per heavy atom. The van der Waals surface area contributed by atoms with Crippen LogP contribution in [0.25, 0.3) is 5.57 Å². The average molecular weight is 395 g/mol. The molecule has 0 saturated heterocycles. The quantitative estimate of drug-likeness (QED) is 0.431. The maximum atomic E-state index is 14.2. The first-order valence-corrected chi connectivity index (χ1v) is 11.3. The Morgan fingerprint density at radius 2 is 0.897 bits per heavy atom. The van der Waals surface area contributed by atoms with Crippen molar-refractivity contribution in [2.45, 2.75) is 0 Å². The minimum atomic E-state index is -3.05. The average Bonchev–Trinajstić information content (AvgIpc) is 2.81. The van der Waals surface area contributed by atoms with Crippen LogP contribution in [-0.4, -0.2) is 0 Å². The summed E-state index contributed by atoms with van der Waals surface area (Å²) in [6.07, 6.45) is 1.89. The van der Waals surface area contributed by atoms with Crippen LogP contribution < -0.4 is 15.7 Å². The first kappa shape index (κ1) is 19.0. The van der Waals surface area contributed by atoms with E-state index in [4.69, 9.17) is 0 Å². The molecule has 0 aromatic heterocycles. The summed E-state index contributed by atoms with van der Waals surface area (Å²) >= 11 is 0. The molecule has 4 aromatic rings. The van der Waals surface area contributed by atoms with Gasteiger partial charge in [-0.2, -0.15) is 0 Å². The van der Waals surface area contributed by atoms with Gasteiger partial charge < -0.3 is 5.09 Å². The Morgan fingerprint density at radius 3 is 1.28 bits per heavy atom. The van der Waals surface area contributed by atoms with Crippen LogP contribution in [0.15, 0.2) is 128 Å². The Labute approximate surface area is 172 Å². The second kappa shape index (κ2) is 8.77. The third kappa shape index (κ3) is 4.23. The van der Waals surface area contributed by atoms with Crippen molar-refractivity contribution in [2.75, 3.05) is 0 Å². The molecule has 0 radical (unpaired) electrons. The van der Waals surface area contributed by atoms with Gasteiger partial charge in [0.05, 0.1) is 0 Å². The summed E-state index contributed by atoms with van der Waals surface area (Å²) < 4.78 is 14.2. The minimum absolute atomic E-state index is 0.780. The molecule has 0 unspecified atom stereocenters. The van der Waals surface area contributed by atoms with Crippen molar-refractivity contribution in [3.63, 3.8) is 0 Å². The highest BCUT2D eigenvalue weighted by Gasteiger charge is 2.26. The summed E-state index contributed by atoms with van der Waals surface area (Å²) in [5.74, 6) is 0. The highest BCUT2D eigenvalue weighted by molar-refractivity contribution is 7.77. The van der Waals surface area contributed by atoms with Crippen LogP contribution >= 0.6 is 7.29 Å². The molecule has 0 aliphatic rings. The lowest BCUT2D eigenvalue weighted by atomic mass is 9.99.